The van der Waals surface area contributed by atoms with Crippen LogP contribution in [0.5, 0.6) is 0 Å². The Bertz CT molecular complexity index is 429. The zero-order valence-electron chi connectivity index (χ0n) is 8.99. The molecule has 1 aromatic rings. The van der Waals surface area contributed by atoms with E-state index in [2.05, 4.69) is 5.32 Å². The molecule has 0 aliphatic rings. The molecule has 16 heavy (non-hydrogen) atoms. The fraction of sp³-hybridized carbons (Fsp3) is 0.333. The molecule has 88 valence electrons. The minimum absolute atomic E-state index is 0.174. The molecule has 0 bridgehead atoms. The number of hydrogen-bond acceptors (Lipinski definition) is 5. The van der Waals surface area contributed by atoms with E-state index in [0.717, 1.165) is 5.75 Å². The Hall–Kier alpha value is -1.21. The van der Waals surface area contributed by atoms with Gasteiger partial charge < -0.3 is 16.8 Å². The smallest absolute Gasteiger partial charge is 0.263 e. The summed E-state index contributed by atoms with van der Waals surface area (Å²) in [5.41, 5.74) is 11.4. The lowest BCUT2D eigenvalue weighted by Gasteiger charge is -1.99. The molecule has 7 heteroatoms. The van der Waals surface area contributed by atoms with E-state index >= 15 is 0 Å². The Morgan fingerprint density at radius 1 is 1.50 bits per heavy atom. The molecule has 5 N–H and O–H groups in total. The van der Waals surface area contributed by atoms with Gasteiger partial charge in [-0.1, -0.05) is 6.92 Å². The van der Waals surface area contributed by atoms with Crippen molar-refractivity contribution in [1.29, 1.82) is 0 Å². The van der Waals surface area contributed by atoms with Gasteiger partial charge in [-0.25, -0.2) is 0 Å². The van der Waals surface area contributed by atoms with Gasteiger partial charge in [0.1, 0.15) is 4.88 Å². The van der Waals surface area contributed by atoms with Crippen molar-refractivity contribution in [3.63, 3.8) is 0 Å². The van der Waals surface area contributed by atoms with Crippen molar-refractivity contribution in [3.05, 3.63) is 10.4 Å². The highest BCUT2D eigenvalue weighted by atomic mass is 32.2. The van der Waals surface area contributed by atoms with Gasteiger partial charge in [-0.05, 0) is 5.75 Å². The van der Waals surface area contributed by atoms with Gasteiger partial charge in [-0.2, -0.15) is 0 Å². The van der Waals surface area contributed by atoms with Crippen LogP contribution >= 0.6 is 23.1 Å². The normalized spacial score (nSPS) is 10.1. The van der Waals surface area contributed by atoms with Crippen LogP contribution in [0.25, 0.3) is 0 Å². The van der Waals surface area contributed by atoms with E-state index in [-0.39, 0.29) is 17.2 Å². The van der Waals surface area contributed by atoms with Crippen molar-refractivity contribution in [3.8, 4) is 0 Å². The number of carbonyl (C=O) groups is 2. The summed E-state index contributed by atoms with van der Waals surface area (Å²) in [4.78, 5) is 23.1. The van der Waals surface area contributed by atoms with Crippen LogP contribution in [0.15, 0.2) is 4.21 Å². The molecule has 0 aromatic carbocycles. The number of nitrogen functional groups attached to an aromatic ring is 1. The van der Waals surface area contributed by atoms with E-state index in [0.29, 0.717) is 9.09 Å². The van der Waals surface area contributed by atoms with Crippen LogP contribution in [0.3, 0.4) is 0 Å². The standard InChI is InChI=1S/C9H13N3O2S2/c1-3-15-9-4(7(11)13)5(10)6(16-9)8(14)12-2/h3,10H2,1-2H3,(H2,11,13)(H,12,14). The minimum Gasteiger partial charge on any atom is -0.397 e. The molecular weight excluding hydrogens is 246 g/mol. The maximum absolute atomic E-state index is 11.5. The predicted octanol–water partition coefficient (Wildman–Crippen LogP) is 0.901. The third kappa shape index (κ3) is 2.30. The fourth-order valence-electron chi connectivity index (χ4n) is 1.17. The largest absolute Gasteiger partial charge is 0.397 e. The monoisotopic (exact) mass is 259 g/mol. The van der Waals surface area contributed by atoms with Crippen LogP contribution in [-0.2, 0) is 0 Å². The number of thiophene rings is 1. The molecule has 0 saturated heterocycles. The van der Waals surface area contributed by atoms with Crippen molar-refractivity contribution in [1.82, 2.24) is 5.32 Å². The molecule has 0 fully saturated rings. The lowest BCUT2D eigenvalue weighted by Crippen LogP contribution is -2.19. The lowest BCUT2D eigenvalue weighted by atomic mass is 10.2. The summed E-state index contributed by atoms with van der Waals surface area (Å²) in [6.45, 7) is 1.95. The number of nitrogens with two attached hydrogens (primary N) is 2. The molecule has 0 aliphatic carbocycles. The molecule has 0 spiro atoms. The lowest BCUT2D eigenvalue weighted by molar-refractivity contribution is 0.0967. The van der Waals surface area contributed by atoms with E-state index < -0.39 is 5.91 Å². The Balaban J connectivity index is 3.29. The van der Waals surface area contributed by atoms with Crippen LogP contribution in [0.2, 0.25) is 0 Å². The second-order valence-corrected chi connectivity index (χ2v) is 5.44. The van der Waals surface area contributed by atoms with Crippen molar-refractivity contribution < 1.29 is 9.59 Å². The molecule has 0 saturated carbocycles. The Kier molecular flexibility index (Phi) is 4.19. The maximum atomic E-state index is 11.5. The van der Waals surface area contributed by atoms with Crippen LogP contribution in [0.4, 0.5) is 5.69 Å². The summed E-state index contributed by atoms with van der Waals surface area (Å²) in [7, 11) is 1.51. The first kappa shape index (κ1) is 12.9. The highest BCUT2D eigenvalue weighted by Crippen LogP contribution is 2.37. The van der Waals surface area contributed by atoms with E-state index in [1.165, 1.54) is 30.1 Å². The molecule has 1 heterocycles. The highest BCUT2D eigenvalue weighted by molar-refractivity contribution is 8.01. The molecule has 0 atom stereocenters. The first-order valence-electron chi connectivity index (χ1n) is 4.59. The average Bonchev–Trinajstić information content (AvgIpc) is 2.55. The first-order chi connectivity index (χ1) is 7.52. The van der Waals surface area contributed by atoms with Gasteiger partial charge in [0.25, 0.3) is 11.8 Å². The number of thioether (sulfide) groups is 1. The summed E-state index contributed by atoms with van der Waals surface area (Å²) < 4.78 is 0.700. The summed E-state index contributed by atoms with van der Waals surface area (Å²) in [6.07, 6.45) is 0. The van der Waals surface area contributed by atoms with Crippen LogP contribution < -0.4 is 16.8 Å². The number of primary amides is 1. The maximum Gasteiger partial charge on any atom is 0.263 e. The number of nitrogens with one attached hydrogen (secondary N) is 1. The SMILES string of the molecule is CCSc1sc(C(=O)NC)c(N)c1C(N)=O. The van der Waals surface area contributed by atoms with E-state index in [1.807, 2.05) is 6.92 Å². The second-order valence-electron chi connectivity index (χ2n) is 2.88. The van der Waals surface area contributed by atoms with E-state index in [4.69, 9.17) is 11.5 Å². The number of rotatable bonds is 4. The van der Waals surface area contributed by atoms with Crippen molar-refractivity contribution in [2.75, 3.05) is 18.5 Å². The number of amides is 2. The van der Waals surface area contributed by atoms with Crippen LogP contribution in [0.1, 0.15) is 27.0 Å². The quantitative estimate of drug-likeness (QED) is 0.700. The third-order valence-electron chi connectivity index (χ3n) is 1.87. The number of anilines is 1. The molecule has 5 nitrogen and oxygen atoms in total. The van der Waals surface area contributed by atoms with Gasteiger partial charge in [0.05, 0.1) is 15.5 Å². The molecule has 1 rings (SSSR count). The fourth-order valence-corrected chi connectivity index (χ4v) is 3.53. The molecule has 1 aromatic heterocycles. The van der Waals surface area contributed by atoms with Crippen molar-refractivity contribution >= 4 is 40.6 Å². The molecule has 2 amide bonds. The topological polar surface area (TPSA) is 98.2 Å². The van der Waals surface area contributed by atoms with Gasteiger partial charge in [-0.15, -0.1) is 23.1 Å². The van der Waals surface area contributed by atoms with E-state index in [1.54, 1.807) is 0 Å². The molecule has 0 aliphatic heterocycles. The predicted molar refractivity (Wildman–Crippen MR) is 67.0 cm³/mol. The van der Waals surface area contributed by atoms with Crippen molar-refractivity contribution in [2.24, 2.45) is 5.73 Å². The minimum atomic E-state index is -0.597. The number of hydrogen-bond donors (Lipinski definition) is 3. The first-order valence-corrected chi connectivity index (χ1v) is 6.40. The van der Waals surface area contributed by atoms with Crippen LogP contribution in [-0.4, -0.2) is 24.6 Å². The number of carbonyl (C=O) groups excluding carboxylic acids is 2. The van der Waals surface area contributed by atoms with Crippen molar-refractivity contribution in [2.45, 2.75) is 11.1 Å². The summed E-state index contributed by atoms with van der Waals surface area (Å²) in [5.74, 6) is -0.110. The van der Waals surface area contributed by atoms with Gasteiger partial charge in [0.15, 0.2) is 0 Å². The Morgan fingerprint density at radius 2 is 2.12 bits per heavy atom. The average molecular weight is 259 g/mol. The molecule has 0 unspecified atom stereocenters. The Labute approximate surface area is 102 Å². The third-order valence-corrected chi connectivity index (χ3v) is 4.23. The summed E-state index contributed by atoms with van der Waals surface area (Å²) in [5, 5.41) is 2.47. The zero-order valence-corrected chi connectivity index (χ0v) is 10.6. The van der Waals surface area contributed by atoms with Gasteiger partial charge >= 0.3 is 0 Å². The van der Waals surface area contributed by atoms with Gasteiger partial charge in [0.2, 0.25) is 0 Å². The highest BCUT2D eigenvalue weighted by Gasteiger charge is 2.23. The van der Waals surface area contributed by atoms with Gasteiger partial charge in [-0.3, -0.25) is 9.59 Å². The second kappa shape index (κ2) is 5.22. The zero-order chi connectivity index (χ0) is 12.3. The molecule has 0 radical (unpaired) electrons. The summed E-state index contributed by atoms with van der Waals surface area (Å²) >= 11 is 2.65. The Morgan fingerprint density at radius 3 is 2.56 bits per heavy atom. The van der Waals surface area contributed by atoms with E-state index in [9.17, 15) is 9.59 Å². The van der Waals surface area contributed by atoms with Crippen LogP contribution in [0, 0.1) is 0 Å². The summed E-state index contributed by atoms with van der Waals surface area (Å²) in [6, 6.07) is 0. The molecular formula is C9H13N3O2S2. The van der Waals surface area contributed by atoms with Gasteiger partial charge in [0, 0.05) is 7.05 Å².